The first kappa shape index (κ1) is 14.9. The van der Waals surface area contributed by atoms with Gasteiger partial charge in [0.25, 0.3) is 0 Å². The van der Waals surface area contributed by atoms with Gasteiger partial charge in [0.2, 0.25) is 0 Å². The maximum atomic E-state index is 6.65. The first-order chi connectivity index (χ1) is 10.4. The van der Waals surface area contributed by atoms with Crippen LogP contribution in [0, 0.1) is 0 Å². The van der Waals surface area contributed by atoms with Gasteiger partial charge in [-0.2, -0.15) is 0 Å². The molecule has 0 aliphatic carbocycles. The zero-order valence-electron chi connectivity index (χ0n) is 11.3. The third-order valence-electron chi connectivity index (χ3n) is 3.39. The molecule has 0 nitrogen and oxygen atoms in total. The van der Waals surface area contributed by atoms with Crippen molar-refractivity contribution in [3.8, 4) is 0 Å². The Bertz CT molecular complexity index is 652. The van der Waals surface area contributed by atoms with Gasteiger partial charge < -0.3 is 0 Å². The molecule has 0 radical (unpaired) electrons. The van der Waals surface area contributed by atoms with E-state index in [0.717, 1.165) is 0 Å². The molecule has 108 valence electrons. The Morgan fingerprint density at radius 2 is 0.810 bits per heavy atom. The van der Waals surface area contributed by atoms with Crippen molar-refractivity contribution in [3.05, 3.63) is 91.0 Å². The molecule has 0 unspecified atom stereocenters. The summed E-state index contributed by atoms with van der Waals surface area (Å²) in [6.45, 7) is 0. The first-order valence-corrected chi connectivity index (χ1v) is 12.6. The molecule has 0 saturated heterocycles. The van der Waals surface area contributed by atoms with E-state index in [1.165, 1.54) is 15.9 Å². The van der Waals surface area contributed by atoms with Gasteiger partial charge in [0, 0.05) is 0 Å². The van der Waals surface area contributed by atoms with Crippen LogP contribution < -0.4 is 15.9 Å². The molecule has 0 fully saturated rings. The topological polar surface area (TPSA) is 0 Å². The zero-order valence-corrected chi connectivity index (χ0v) is 14.6. The Kier molecular flexibility index (Phi) is 4.86. The fourth-order valence-corrected chi connectivity index (χ4v) is 12.3. The van der Waals surface area contributed by atoms with Crippen LogP contribution >= 0.6 is 14.8 Å². The fourth-order valence-electron chi connectivity index (χ4n) is 2.43. The molecule has 0 atom stereocenters. The van der Waals surface area contributed by atoms with E-state index < -0.39 is 5.14 Å². The van der Waals surface area contributed by atoms with Gasteiger partial charge in [0.05, 0.1) is 0 Å². The van der Waals surface area contributed by atoms with E-state index in [4.69, 9.17) is 9.69 Å². The Balaban J connectivity index is 2.35. The number of halogens is 1. The van der Waals surface area contributed by atoms with Crippen molar-refractivity contribution < 1.29 is 15.2 Å². The SMILES string of the molecule is [Cl][Rh]=[P](c1ccccc1)(c1ccccc1)c1ccccc1. The minimum atomic E-state index is -1.70. The van der Waals surface area contributed by atoms with Gasteiger partial charge in [0.1, 0.15) is 0 Å². The molecule has 3 aromatic carbocycles. The van der Waals surface area contributed by atoms with Crippen molar-refractivity contribution in [1.82, 2.24) is 0 Å². The predicted molar refractivity (Wildman–Crippen MR) is 91.0 cm³/mol. The van der Waals surface area contributed by atoms with Gasteiger partial charge in [-0.05, 0) is 0 Å². The van der Waals surface area contributed by atoms with Crippen molar-refractivity contribution in [1.29, 1.82) is 0 Å². The molecular weight excluding hydrogens is 386 g/mol. The molecule has 0 aliphatic rings. The van der Waals surface area contributed by atoms with Crippen LogP contribution in [-0.4, -0.2) is 0 Å². The standard InChI is InChI=1S/C18H15P.ClH.Rh/c1-4-10-16(11-5-1)19(17-12-6-2-7-13-17)18-14-8-3-9-15-18;;/h1-15H;1H;/q;;+1/p-1. The van der Waals surface area contributed by atoms with Crippen LogP contribution in [0.3, 0.4) is 0 Å². The van der Waals surface area contributed by atoms with Crippen LogP contribution in [0.25, 0.3) is 0 Å². The molecule has 0 N–H and O–H groups in total. The zero-order chi connectivity index (χ0) is 14.5. The summed E-state index contributed by atoms with van der Waals surface area (Å²) in [5, 5.41) is 2.39. The van der Waals surface area contributed by atoms with Crippen LogP contribution in [0.1, 0.15) is 0 Å². The molecular formula is C18H15ClPRh. The average molecular weight is 401 g/mol. The Labute approximate surface area is 136 Å². The predicted octanol–water partition coefficient (Wildman–Crippen LogP) is 4.13. The summed E-state index contributed by atoms with van der Waals surface area (Å²) in [6, 6.07) is 32.2. The van der Waals surface area contributed by atoms with Crippen molar-refractivity contribution >= 4 is 30.7 Å². The first-order valence-electron chi connectivity index (χ1n) is 6.68. The fraction of sp³-hybridized carbons (Fsp3) is 0. The van der Waals surface area contributed by atoms with Gasteiger partial charge in [-0.1, -0.05) is 0 Å². The van der Waals surface area contributed by atoms with E-state index in [1.54, 1.807) is 0 Å². The van der Waals surface area contributed by atoms with Gasteiger partial charge in [0.15, 0.2) is 0 Å². The second-order valence-corrected chi connectivity index (χ2v) is 13.5. The van der Waals surface area contributed by atoms with E-state index in [0.29, 0.717) is 0 Å². The van der Waals surface area contributed by atoms with Crippen LogP contribution in [0.2, 0.25) is 0 Å². The Hall–Kier alpha value is -0.997. The van der Waals surface area contributed by atoms with Crippen LogP contribution in [0.15, 0.2) is 91.0 Å². The normalized spacial score (nSPS) is 11.5. The number of hydrogen-bond donors (Lipinski definition) is 0. The van der Waals surface area contributed by atoms with Gasteiger partial charge >= 0.3 is 137 Å². The van der Waals surface area contributed by atoms with Crippen LogP contribution in [-0.2, 0) is 15.2 Å². The molecule has 0 aliphatic heterocycles. The number of rotatable bonds is 3. The molecule has 3 rings (SSSR count). The molecule has 21 heavy (non-hydrogen) atoms. The van der Waals surface area contributed by atoms with E-state index in [9.17, 15) is 0 Å². The van der Waals surface area contributed by atoms with E-state index in [1.807, 2.05) is 0 Å². The average Bonchev–Trinajstić information content (AvgIpc) is 2.59. The van der Waals surface area contributed by atoms with Crippen molar-refractivity contribution in [2.75, 3.05) is 0 Å². The van der Waals surface area contributed by atoms with E-state index in [-0.39, 0.29) is 15.2 Å². The van der Waals surface area contributed by atoms with E-state index >= 15 is 0 Å². The minimum absolute atomic E-state index is 0.0928. The molecule has 0 saturated carbocycles. The number of benzene rings is 3. The Morgan fingerprint density at radius 1 is 0.524 bits per heavy atom. The third kappa shape index (κ3) is 2.84. The quantitative estimate of drug-likeness (QED) is 0.458. The molecule has 0 bridgehead atoms. The second kappa shape index (κ2) is 6.84. The summed E-state index contributed by atoms with van der Waals surface area (Å²) >= 11 is -0.0928. The summed E-state index contributed by atoms with van der Waals surface area (Å²) in [5.74, 6) is 0. The van der Waals surface area contributed by atoms with Crippen molar-refractivity contribution in [2.24, 2.45) is 0 Å². The van der Waals surface area contributed by atoms with Crippen molar-refractivity contribution in [3.63, 3.8) is 0 Å². The van der Waals surface area contributed by atoms with Gasteiger partial charge in [-0.25, -0.2) is 0 Å². The summed E-state index contributed by atoms with van der Waals surface area (Å²) in [7, 11) is 6.65. The van der Waals surface area contributed by atoms with Crippen LogP contribution in [0.4, 0.5) is 0 Å². The summed E-state index contributed by atoms with van der Waals surface area (Å²) in [4.78, 5) is 0. The molecule has 0 spiro atoms. The van der Waals surface area contributed by atoms with Gasteiger partial charge in [-0.15, -0.1) is 0 Å². The van der Waals surface area contributed by atoms with Gasteiger partial charge in [-0.3, -0.25) is 0 Å². The molecule has 0 amide bonds. The Morgan fingerprint density at radius 3 is 1.05 bits per heavy atom. The monoisotopic (exact) mass is 400 g/mol. The second-order valence-electron chi connectivity index (χ2n) is 4.62. The third-order valence-corrected chi connectivity index (χ3v) is 14.6. The van der Waals surface area contributed by atoms with Crippen molar-refractivity contribution in [2.45, 2.75) is 0 Å². The summed E-state index contributed by atoms with van der Waals surface area (Å²) < 4.78 is 0. The summed E-state index contributed by atoms with van der Waals surface area (Å²) in [5.41, 5.74) is 0. The molecule has 3 aromatic rings. The maximum absolute atomic E-state index is 6.65. The van der Waals surface area contributed by atoms with E-state index in [2.05, 4.69) is 91.0 Å². The molecule has 0 aromatic heterocycles. The molecule has 3 heteroatoms. The number of hydrogen-bond acceptors (Lipinski definition) is 0. The summed E-state index contributed by atoms with van der Waals surface area (Å²) in [6.07, 6.45) is 0. The molecule has 0 heterocycles. The van der Waals surface area contributed by atoms with Crippen LogP contribution in [0.5, 0.6) is 0 Å².